The van der Waals surface area contributed by atoms with Gasteiger partial charge in [0.05, 0.1) is 0 Å². The molecular formula is C8H8ClNO. The third-order valence-electron chi connectivity index (χ3n) is 1.49. The van der Waals surface area contributed by atoms with Gasteiger partial charge in [0.15, 0.2) is 0 Å². The van der Waals surface area contributed by atoms with Crippen LogP contribution in [0.1, 0.15) is 18.5 Å². The van der Waals surface area contributed by atoms with Crippen molar-refractivity contribution >= 4 is 11.6 Å². The predicted molar refractivity (Wildman–Crippen MR) is 45.7 cm³/mol. The minimum Gasteiger partial charge on any atom is -0.150 e. The Balaban J connectivity index is 2.95. The third-order valence-corrected chi connectivity index (χ3v) is 1.72. The molecule has 0 radical (unpaired) electrons. The topological polar surface area (TPSA) is 29.4 Å². The smallest absolute Gasteiger partial charge is 0.114 e. The molecule has 0 saturated heterocycles. The van der Waals surface area contributed by atoms with Gasteiger partial charge in [-0.2, -0.15) is 4.91 Å². The predicted octanol–water partition coefficient (Wildman–Crippen LogP) is 3.17. The number of rotatable bonds is 2. The summed E-state index contributed by atoms with van der Waals surface area (Å²) < 4.78 is 0. The average Bonchev–Trinajstić information content (AvgIpc) is 2.03. The highest BCUT2D eigenvalue weighted by Crippen LogP contribution is 2.19. The quantitative estimate of drug-likeness (QED) is 0.626. The van der Waals surface area contributed by atoms with Crippen molar-refractivity contribution in [3.8, 4) is 0 Å². The zero-order chi connectivity index (χ0) is 8.27. The highest BCUT2D eigenvalue weighted by molar-refractivity contribution is 6.30. The van der Waals surface area contributed by atoms with Crippen molar-refractivity contribution in [1.29, 1.82) is 0 Å². The SMILES string of the molecule is CC(N=O)c1cccc(Cl)c1. The van der Waals surface area contributed by atoms with Gasteiger partial charge in [-0.05, 0) is 24.6 Å². The fourth-order valence-corrected chi connectivity index (χ4v) is 1.03. The number of nitroso groups, excluding NO2 is 1. The molecule has 1 rings (SSSR count). The van der Waals surface area contributed by atoms with Crippen LogP contribution < -0.4 is 0 Å². The first-order chi connectivity index (χ1) is 5.24. The fourth-order valence-electron chi connectivity index (χ4n) is 0.827. The summed E-state index contributed by atoms with van der Waals surface area (Å²) in [6.07, 6.45) is 0. The molecule has 1 aromatic rings. The second kappa shape index (κ2) is 3.49. The molecule has 1 atom stereocenters. The summed E-state index contributed by atoms with van der Waals surface area (Å²) in [5.41, 5.74) is 0.854. The maximum Gasteiger partial charge on any atom is 0.114 e. The molecule has 2 nitrogen and oxygen atoms in total. The van der Waals surface area contributed by atoms with Crippen LogP contribution in [-0.2, 0) is 0 Å². The molecule has 1 unspecified atom stereocenters. The molecule has 3 heteroatoms. The van der Waals surface area contributed by atoms with E-state index in [9.17, 15) is 4.91 Å². The van der Waals surface area contributed by atoms with E-state index in [0.29, 0.717) is 5.02 Å². The van der Waals surface area contributed by atoms with Crippen LogP contribution in [0, 0.1) is 4.91 Å². The van der Waals surface area contributed by atoms with Crippen molar-refractivity contribution < 1.29 is 0 Å². The molecule has 0 amide bonds. The molecule has 0 N–H and O–H groups in total. The normalized spacial score (nSPS) is 12.5. The summed E-state index contributed by atoms with van der Waals surface area (Å²) in [4.78, 5) is 10.1. The van der Waals surface area contributed by atoms with Gasteiger partial charge in [0.2, 0.25) is 0 Å². The van der Waals surface area contributed by atoms with E-state index >= 15 is 0 Å². The van der Waals surface area contributed by atoms with Gasteiger partial charge in [-0.3, -0.25) is 0 Å². The Morgan fingerprint density at radius 1 is 1.55 bits per heavy atom. The molecule has 0 aromatic heterocycles. The number of hydrogen-bond donors (Lipinski definition) is 0. The zero-order valence-electron chi connectivity index (χ0n) is 6.12. The van der Waals surface area contributed by atoms with Crippen LogP contribution >= 0.6 is 11.6 Å². The van der Waals surface area contributed by atoms with Crippen molar-refractivity contribution in [2.45, 2.75) is 13.0 Å². The molecule has 0 heterocycles. The molecule has 1 aromatic carbocycles. The van der Waals surface area contributed by atoms with Gasteiger partial charge in [0.25, 0.3) is 0 Å². The number of benzene rings is 1. The van der Waals surface area contributed by atoms with Crippen LogP contribution in [0.25, 0.3) is 0 Å². The fraction of sp³-hybridized carbons (Fsp3) is 0.250. The summed E-state index contributed by atoms with van der Waals surface area (Å²) in [6.45, 7) is 1.73. The maximum atomic E-state index is 10.1. The van der Waals surface area contributed by atoms with Crippen molar-refractivity contribution in [2.75, 3.05) is 0 Å². The summed E-state index contributed by atoms with van der Waals surface area (Å²) in [5.74, 6) is 0. The maximum absolute atomic E-state index is 10.1. The second-order valence-corrected chi connectivity index (χ2v) is 2.77. The standard InChI is InChI=1S/C8H8ClNO/c1-6(10-11)7-3-2-4-8(9)5-7/h2-6H,1H3. The Morgan fingerprint density at radius 3 is 2.82 bits per heavy atom. The van der Waals surface area contributed by atoms with E-state index in [1.54, 1.807) is 25.1 Å². The molecule has 0 spiro atoms. The van der Waals surface area contributed by atoms with Crippen LogP contribution in [0.15, 0.2) is 29.4 Å². The molecule has 0 bridgehead atoms. The van der Waals surface area contributed by atoms with Gasteiger partial charge in [-0.1, -0.05) is 28.9 Å². The van der Waals surface area contributed by atoms with E-state index < -0.39 is 0 Å². The van der Waals surface area contributed by atoms with E-state index in [0.717, 1.165) is 5.56 Å². The highest BCUT2D eigenvalue weighted by Gasteiger charge is 2.03. The summed E-state index contributed by atoms with van der Waals surface area (Å²) in [7, 11) is 0. The number of halogens is 1. The van der Waals surface area contributed by atoms with Crippen LogP contribution in [0.4, 0.5) is 0 Å². The Bertz CT molecular complexity index is 262. The summed E-state index contributed by atoms with van der Waals surface area (Å²) in [6, 6.07) is 6.83. The monoisotopic (exact) mass is 169 g/mol. The second-order valence-electron chi connectivity index (χ2n) is 2.34. The van der Waals surface area contributed by atoms with Gasteiger partial charge < -0.3 is 0 Å². The first-order valence-electron chi connectivity index (χ1n) is 3.32. The van der Waals surface area contributed by atoms with Gasteiger partial charge >= 0.3 is 0 Å². The van der Waals surface area contributed by atoms with Crippen molar-refractivity contribution in [2.24, 2.45) is 5.18 Å². The van der Waals surface area contributed by atoms with E-state index in [1.165, 1.54) is 0 Å². The van der Waals surface area contributed by atoms with Gasteiger partial charge in [-0.15, -0.1) is 0 Å². The molecule has 0 aliphatic heterocycles. The van der Waals surface area contributed by atoms with Crippen molar-refractivity contribution in [1.82, 2.24) is 0 Å². The lowest BCUT2D eigenvalue weighted by atomic mass is 10.1. The first kappa shape index (κ1) is 8.21. The minimum atomic E-state index is -0.311. The van der Waals surface area contributed by atoms with Gasteiger partial charge in [0, 0.05) is 5.02 Å². The molecule has 0 aliphatic rings. The Kier molecular flexibility index (Phi) is 2.60. The van der Waals surface area contributed by atoms with E-state index in [4.69, 9.17) is 11.6 Å². The van der Waals surface area contributed by atoms with Crippen molar-refractivity contribution in [3.63, 3.8) is 0 Å². The zero-order valence-corrected chi connectivity index (χ0v) is 6.88. The average molecular weight is 170 g/mol. The Morgan fingerprint density at radius 2 is 2.27 bits per heavy atom. The first-order valence-corrected chi connectivity index (χ1v) is 3.70. The van der Waals surface area contributed by atoms with Crippen LogP contribution in [-0.4, -0.2) is 0 Å². The molecule has 58 valence electrons. The Hall–Kier alpha value is -0.890. The number of hydrogen-bond acceptors (Lipinski definition) is 2. The van der Waals surface area contributed by atoms with Crippen molar-refractivity contribution in [3.05, 3.63) is 39.8 Å². The molecule has 0 aliphatic carbocycles. The van der Waals surface area contributed by atoms with Crippen LogP contribution in [0.3, 0.4) is 0 Å². The molecule has 11 heavy (non-hydrogen) atoms. The van der Waals surface area contributed by atoms with Gasteiger partial charge in [-0.25, -0.2) is 0 Å². The summed E-state index contributed by atoms with van der Waals surface area (Å²) in [5, 5.41) is 3.53. The largest absolute Gasteiger partial charge is 0.150 e. The Labute approximate surface area is 70.2 Å². The number of nitrogens with zero attached hydrogens (tertiary/aromatic N) is 1. The highest BCUT2D eigenvalue weighted by atomic mass is 35.5. The van der Waals surface area contributed by atoms with Crippen LogP contribution in [0.2, 0.25) is 5.02 Å². The third kappa shape index (κ3) is 2.02. The van der Waals surface area contributed by atoms with Crippen LogP contribution in [0.5, 0.6) is 0 Å². The van der Waals surface area contributed by atoms with Gasteiger partial charge in [0.1, 0.15) is 6.04 Å². The summed E-state index contributed by atoms with van der Waals surface area (Å²) >= 11 is 5.70. The lowest BCUT2D eigenvalue weighted by Gasteiger charge is -2.01. The minimum absolute atomic E-state index is 0.311. The van der Waals surface area contributed by atoms with E-state index in [1.807, 2.05) is 6.07 Å². The molecular weight excluding hydrogens is 162 g/mol. The lowest BCUT2D eigenvalue weighted by Crippen LogP contribution is -1.86. The van der Waals surface area contributed by atoms with E-state index in [2.05, 4.69) is 5.18 Å². The molecule has 0 fully saturated rings. The lowest BCUT2D eigenvalue weighted by molar-refractivity contribution is 0.812. The van der Waals surface area contributed by atoms with E-state index in [-0.39, 0.29) is 6.04 Å². The molecule has 0 saturated carbocycles.